The Hall–Kier alpha value is -2.87. The molecule has 0 saturated heterocycles. The number of nitrogens with zero attached hydrogens (tertiary/aromatic N) is 3. The number of anilines is 2. The predicted molar refractivity (Wildman–Crippen MR) is 119 cm³/mol. The fraction of sp³-hybridized carbons (Fsp3) is 0.500. The van der Waals surface area contributed by atoms with Crippen LogP contribution in [0.1, 0.15) is 37.6 Å². The zero-order chi connectivity index (χ0) is 22.5. The molecule has 0 unspecified atom stereocenters. The fourth-order valence-electron chi connectivity index (χ4n) is 2.84. The number of benzene rings is 1. The van der Waals surface area contributed by atoms with Crippen molar-refractivity contribution in [2.24, 2.45) is 7.05 Å². The zero-order valence-electron chi connectivity index (χ0n) is 19.0. The lowest BCUT2D eigenvalue weighted by molar-refractivity contribution is -0.116. The van der Waals surface area contributed by atoms with E-state index in [0.717, 1.165) is 22.5 Å². The third-order valence-corrected chi connectivity index (χ3v) is 4.95. The minimum absolute atomic E-state index is 0.101. The number of carbonyl (C=O) groups is 2. The first-order valence-corrected chi connectivity index (χ1v) is 9.98. The first-order valence-electron chi connectivity index (χ1n) is 9.98. The molecule has 0 aliphatic rings. The molecule has 1 aromatic heterocycles. The summed E-state index contributed by atoms with van der Waals surface area (Å²) in [6, 6.07) is 7.23. The summed E-state index contributed by atoms with van der Waals surface area (Å²) in [7, 11) is 3.34. The summed E-state index contributed by atoms with van der Waals surface area (Å²) in [6.45, 7) is 10.6. The number of amides is 3. The maximum atomic E-state index is 12.8. The summed E-state index contributed by atoms with van der Waals surface area (Å²) in [4.78, 5) is 26.9. The van der Waals surface area contributed by atoms with Crippen LogP contribution in [-0.2, 0) is 22.0 Å². The van der Waals surface area contributed by atoms with Crippen LogP contribution in [0, 0.1) is 13.8 Å². The molecule has 1 aromatic carbocycles. The molecular weight excluding hydrogens is 382 g/mol. The Labute approximate surface area is 178 Å². The maximum absolute atomic E-state index is 12.8. The van der Waals surface area contributed by atoms with Crippen molar-refractivity contribution in [3.8, 4) is 0 Å². The van der Waals surface area contributed by atoms with E-state index in [4.69, 9.17) is 4.74 Å². The van der Waals surface area contributed by atoms with Crippen LogP contribution >= 0.6 is 0 Å². The number of carbonyl (C=O) groups excluding carboxylic acids is 2. The van der Waals surface area contributed by atoms with E-state index in [-0.39, 0.29) is 23.9 Å². The van der Waals surface area contributed by atoms with Gasteiger partial charge in [-0.3, -0.25) is 9.48 Å². The van der Waals surface area contributed by atoms with Gasteiger partial charge in [0.05, 0.1) is 12.3 Å². The van der Waals surface area contributed by atoms with Gasteiger partial charge in [-0.2, -0.15) is 5.10 Å². The average Bonchev–Trinajstić information content (AvgIpc) is 3.03. The van der Waals surface area contributed by atoms with E-state index >= 15 is 0 Å². The Kier molecular flexibility index (Phi) is 7.61. The number of aryl methyl sites for hydroxylation is 2. The Morgan fingerprint density at radius 1 is 1.20 bits per heavy atom. The number of hydrogen-bond donors (Lipinski definition) is 2. The number of rotatable bonds is 7. The lowest BCUT2D eigenvalue weighted by atomic mass is 9.92. The van der Waals surface area contributed by atoms with Crippen molar-refractivity contribution in [3.63, 3.8) is 0 Å². The molecule has 0 fully saturated rings. The largest absolute Gasteiger partial charge is 0.383 e. The van der Waals surface area contributed by atoms with Crippen molar-refractivity contribution in [2.75, 3.05) is 37.4 Å². The number of ether oxygens (including phenoxy) is 1. The molecule has 30 heavy (non-hydrogen) atoms. The summed E-state index contributed by atoms with van der Waals surface area (Å²) in [6.07, 6.45) is 0. The van der Waals surface area contributed by atoms with Gasteiger partial charge in [-0.25, -0.2) is 4.79 Å². The van der Waals surface area contributed by atoms with Crippen LogP contribution in [0.4, 0.5) is 16.3 Å². The van der Waals surface area contributed by atoms with Crippen LogP contribution in [0.3, 0.4) is 0 Å². The van der Waals surface area contributed by atoms with Gasteiger partial charge in [-0.1, -0.05) is 32.9 Å². The van der Waals surface area contributed by atoms with Crippen molar-refractivity contribution < 1.29 is 14.3 Å². The monoisotopic (exact) mass is 415 g/mol. The molecule has 2 aromatic rings. The lowest BCUT2D eigenvalue weighted by Crippen LogP contribution is -2.42. The first-order chi connectivity index (χ1) is 14.0. The van der Waals surface area contributed by atoms with Gasteiger partial charge >= 0.3 is 6.03 Å². The van der Waals surface area contributed by atoms with Crippen LogP contribution in [0.2, 0.25) is 0 Å². The molecule has 0 radical (unpaired) electrons. The van der Waals surface area contributed by atoms with E-state index in [0.29, 0.717) is 19.0 Å². The summed E-state index contributed by atoms with van der Waals surface area (Å²) in [5.41, 5.74) is 3.55. The quantitative estimate of drug-likeness (QED) is 0.725. The molecular formula is C22H33N5O3. The van der Waals surface area contributed by atoms with E-state index in [1.165, 1.54) is 4.90 Å². The van der Waals surface area contributed by atoms with E-state index < -0.39 is 0 Å². The van der Waals surface area contributed by atoms with Gasteiger partial charge in [-0.05, 0) is 31.0 Å². The second-order valence-electron chi connectivity index (χ2n) is 8.43. The number of aromatic nitrogens is 2. The Balaban J connectivity index is 2.10. The molecule has 0 aliphatic heterocycles. The highest BCUT2D eigenvalue weighted by Crippen LogP contribution is 2.23. The third kappa shape index (κ3) is 6.06. The molecule has 0 saturated carbocycles. The second-order valence-corrected chi connectivity index (χ2v) is 8.43. The van der Waals surface area contributed by atoms with Crippen molar-refractivity contribution in [1.29, 1.82) is 0 Å². The lowest BCUT2D eigenvalue weighted by Gasteiger charge is -2.23. The molecule has 1 heterocycles. The number of methoxy groups -OCH3 is 1. The highest BCUT2D eigenvalue weighted by molar-refractivity contribution is 5.97. The van der Waals surface area contributed by atoms with Crippen LogP contribution in [0.25, 0.3) is 0 Å². The molecule has 0 bridgehead atoms. The molecule has 3 amide bonds. The van der Waals surface area contributed by atoms with E-state index in [2.05, 4.69) is 36.5 Å². The molecule has 2 N–H and O–H groups in total. The zero-order valence-corrected chi connectivity index (χ0v) is 19.0. The molecule has 0 spiro atoms. The van der Waals surface area contributed by atoms with Gasteiger partial charge < -0.3 is 20.3 Å². The molecule has 8 heteroatoms. The van der Waals surface area contributed by atoms with Crippen molar-refractivity contribution in [1.82, 2.24) is 14.7 Å². The second kappa shape index (κ2) is 9.75. The summed E-state index contributed by atoms with van der Waals surface area (Å²) in [5, 5.41) is 10.2. The van der Waals surface area contributed by atoms with Gasteiger partial charge in [0.25, 0.3) is 0 Å². The topological polar surface area (TPSA) is 88.5 Å². The van der Waals surface area contributed by atoms with Crippen LogP contribution in [0.5, 0.6) is 0 Å². The van der Waals surface area contributed by atoms with Gasteiger partial charge in [0.1, 0.15) is 12.4 Å². The minimum atomic E-state index is -0.351. The number of nitrogens with one attached hydrogen (secondary N) is 2. The summed E-state index contributed by atoms with van der Waals surface area (Å²) >= 11 is 0. The maximum Gasteiger partial charge on any atom is 0.322 e. The number of urea groups is 1. The molecule has 8 nitrogen and oxygen atoms in total. The smallest absolute Gasteiger partial charge is 0.322 e. The molecule has 0 atom stereocenters. The summed E-state index contributed by atoms with van der Waals surface area (Å²) < 4.78 is 6.74. The van der Waals surface area contributed by atoms with Crippen molar-refractivity contribution >= 4 is 23.4 Å². The van der Waals surface area contributed by atoms with Crippen LogP contribution in [-0.4, -0.2) is 53.4 Å². The van der Waals surface area contributed by atoms with Gasteiger partial charge in [0.15, 0.2) is 0 Å². The van der Waals surface area contributed by atoms with E-state index in [1.54, 1.807) is 18.8 Å². The third-order valence-electron chi connectivity index (χ3n) is 4.95. The van der Waals surface area contributed by atoms with E-state index in [9.17, 15) is 9.59 Å². The molecule has 2 rings (SSSR count). The Bertz CT molecular complexity index is 899. The van der Waals surface area contributed by atoms with Gasteiger partial charge in [0, 0.05) is 37.9 Å². The van der Waals surface area contributed by atoms with Crippen molar-refractivity contribution in [3.05, 3.63) is 41.1 Å². The van der Waals surface area contributed by atoms with E-state index in [1.807, 2.05) is 38.1 Å². The fourth-order valence-corrected chi connectivity index (χ4v) is 2.84. The molecule has 0 aliphatic carbocycles. The standard InChI is InChI=1S/C22H33N5O3/c1-15-9-8-10-17(16(15)2)23-21(29)27(11-12-30-7)14-20(28)24-19-13-18(22(3,4)5)25-26(19)6/h8-10,13H,11-12,14H2,1-7H3,(H,23,29)(H,24,28). The molecule has 164 valence electrons. The highest BCUT2D eigenvalue weighted by atomic mass is 16.5. The number of hydrogen-bond acceptors (Lipinski definition) is 4. The normalized spacial score (nSPS) is 11.3. The average molecular weight is 416 g/mol. The van der Waals surface area contributed by atoms with Crippen LogP contribution < -0.4 is 10.6 Å². The Morgan fingerprint density at radius 3 is 2.50 bits per heavy atom. The SMILES string of the molecule is COCCN(CC(=O)Nc1cc(C(C)(C)C)nn1C)C(=O)Nc1cccc(C)c1C. The minimum Gasteiger partial charge on any atom is -0.383 e. The summed E-state index contributed by atoms with van der Waals surface area (Å²) in [5.74, 6) is 0.289. The Morgan fingerprint density at radius 2 is 1.90 bits per heavy atom. The first kappa shape index (κ1) is 23.4. The van der Waals surface area contributed by atoms with Crippen LogP contribution in [0.15, 0.2) is 24.3 Å². The van der Waals surface area contributed by atoms with Gasteiger partial charge in [-0.15, -0.1) is 0 Å². The highest BCUT2D eigenvalue weighted by Gasteiger charge is 2.22. The van der Waals surface area contributed by atoms with Gasteiger partial charge in [0.2, 0.25) is 5.91 Å². The van der Waals surface area contributed by atoms with Crippen molar-refractivity contribution in [2.45, 2.75) is 40.0 Å². The predicted octanol–water partition coefficient (Wildman–Crippen LogP) is 3.45.